The average molecular weight is 254 g/mol. The van der Waals surface area contributed by atoms with Gasteiger partial charge in [0.1, 0.15) is 0 Å². The molecule has 1 fully saturated rings. The lowest BCUT2D eigenvalue weighted by Gasteiger charge is -2.33. The van der Waals surface area contributed by atoms with Crippen molar-refractivity contribution in [1.82, 2.24) is 4.90 Å². The summed E-state index contributed by atoms with van der Waals surface area (Å²) >= 11 is 0. The summed E-state index contributed by atoms with van der Waals surface area (Å²) in [5.41, 5.74) is 5.64. The minimum Gasteiger partial charge on any atom is -0.342 e. The minimum atomic E-state index is 0.258. The molecule has 1 aliphatic carbocycles. The molecular weight excluding hydrogens is 224 g/mol. The third-order valence-electron chi connectivity index (χ3n) is 3.99. The molecular formula is C15H30N2O. The Morgan fingerprint density at radius 2 is 2.11 bits per heavy atom. The molecule has 3 heteroatoms. The summed E-state index contributed by atoms with van der Waals surface area (Å²) in [5.74, 6) is 1.87. The van der Waals surface area contributed by atoms with Crippen LogP contribution in [-0.2, 0) is 4.79 Å². The van der Waals surface area contributed by atoms with Crippen molar-refractivity contribution in [2.45, 2.75) is 52.9 Å². The van der Waals surface area contributed by atoms with Crippen molar-refractivity contribution in [3.8, 4) is 0 Å². The molecule has 3 nitrogen and oxygen atoms in total. The van der Waals surface area contributed by atoms with Gasteiger partial charge in [0.15, 0.2) is 0 Å². The van der Waals surface area contributed by atoms with Crippen molar-refractivity contribution in [3.63, 3.8) is 0 Å². The van der Waals surface area contributed by atoms with E-state index in [1.807, 2.05) is 4.90 Å². The first-order chi connectivity index (χ1) is 8.58. The van der Waals surface area contributed by atoms with E-state index >= 15 is 0 Å². The van der Waals surface area contributed by atoms with E-state index < -0.39 is 0 Å². The Hall–Kier alpha value is -0.570. The van der Waals surface area contributed by atoms with E-state index in [1.54, 1.807) is 0 Å². The molecule has 1 amide bonds. The van der Waals surface area contributed by atoms with Crippen LogP contribution in [0.15, 0.2) is 0 Å². The van der Waals surface area contributed by atoms with E-state index in [-0.39, 0.29) is 5.92 Å². The van der Waals surface area contributed by atoms with Gasteiger partial charge in [-0.3, -0.25) is 4.79 Å². The maximum Gasteiger partial charge on any atom is 0.225 e. The third-order valence-corrected chi connectivity index (χ3v) is 3.99. The van der Waals surface area contributed by atoms with E-state index in [2.05, 4.69) is 20.8 Å². The predicted molar refractivity (Wildman–Crippen MR) is 76.2 cm³/mol. The SMILES string of the molecule is CCN(CC(C)C)C(=O)C1CCCC(CCN)C1. The Kier molecular flexibility index (Phi) is 6.69. The second kappa shape index (κ2) is 7.78. The van der Waals surface area contributed by atoms with Gasteiger partial charge in [-0.05, 0) is 44.6 Å². The second-order valence-electron chi connectivity index (χ2n) is 6.08. The first-order valence-electron chi connectivity index (χ1n) is 7.57. The largest absolute Gasteiger partial charge is 0.342 e. The van der Waals surface area contributed by atoms with Crippen molar-refractivity contribution in [2.24, 2.45) is 23.5 Å². The quantitative estimate of drug-likeness (QED) is 0.792. The van der Waals surface area contributed by atoms with Gasteiger partial charge >= 0.3 is 0 Å². The van der Waals surface area contributed by atoms with Gasteiger partial charge in [0, 0.05) is 19.0 Å². The summed E-state index contributed by atoms with van der Waals surface area (Å²) in [6.45, 7) is 8.93. The fraction of sp³-hybridized carbons (Fsp3) is 0.933. The molecule has 0 aromatic heterocycles. The zero-order chi connectivity index (χ0) is 13.5. The van der Waals surface area contributed by atoms with Crippen LogP contribution in [0.2, 0.25) is 0 Å². The lowest BCUT2D eigenvalue weighted by Crippen LogP contribution is -2.40. The molecule has 0 radical (unpaired) electrons. The van der Waals surface area contributed by atoms with E-state index in [9.17, 15) is 4.79 Å². The Morgan fingerprint density at radius 1 is 1.39 bits per heavy atom. The second-order valence-corrected chi connectivity index (χ2v) is 6.08. The number of carbonyl (C=O) groups excluding carboxylic acids is 1. The first kappa shape index (κ1) is 15.5. The summed E-state index contributed by atoms with van der Waals surface area (Å²) in [6.07, 6.45) is 5.68. The van der Waals surface area contributed by atoms with Gasteiger partial charge in [0.05, 0.1) is 0 Å². The average Bonchev–Trinajstić information content (AvgIpc) is 2.35. The lowest BCUT2D eigenvalue weighted by molar-refractivity contribution is -0.137. The van der Waals surface area contributed by atoms with Crippen molar-refractivity contribution in [2.75, 3.05) is 19.6 Å². The minimum absolute atomic E-state index is 0.258. The zero-order valence-corrected chi connectivity index (χ0v) is 12.3. The van der Waals surface area contributed by atoms with Crippen LogP contribution in [0.3, 0.4) is 0 Å². The van der Waals surface area contributed by atoms with Gasteiger partial charge in [0.2, 0.25) is 5.91 Å². The normalized spacial score (nSPS) is 24.3. The van der Waals surface area contributed by atoms with E-state index in [0.717, 1.165) is 38.9 Å². The fourth-order valence-electron chi connectivity index (χ4n) is 3.09. The van der Waals surface area contributed by atoms with Crippen LogP contribution in [0.1, 0.15) is 52.9 Å². The number of carbonyl (C=O) groups is 1. The number of nitrogens with two attached hydrogens (primary N) is 1. The zero-order valence-electron chi connectivity index (χ0n) is 12.3. The van der Waals surface area contributed by atoms with Crippen LogP contribution in [0.25, 0.3) is 0 Å². The molecule has 0 aromatic rings. The Labute approximate surface area is 112 Å². The van der Waals surface area contributed by atoms with Crippen LogP contribution in [0, 0.1) is 17.8 Å². The highest BCUT2D eigenvalue weighted by atomic mass is 16.2. The van der Waals surface area contributed by atoms with Crippen LogP contribution >= 0.6 is 0 Å². The molecule has 106 valence electrons. The molecule has 18 heavy (non-hydrogen) atoms. The molecule has 2 N–H and O–H groups in total. The molecule has 2 atom stereocenters. The number of nitrogens with zero attached hydrogens (tertiary/aromatic N) is 1. The van der Waals surface area contributed by atoms with Crippen LogP contribution in [-0.4, -0.2) is 30.4 Å². The first-order valence-corrected chi connectivity index (χ1v) is 7.57. The maximum atomic E-state index is 12.5. The molecule has 1 saturated carbocycles. The molecule has 1 aliphatic rings. The molecule has 0 bridgehead atoms. The highest BCUT2D eigenvalue weighted by molar-refractivity contribution is 5.78. The van der Waals surface area contributed by atoms with Crippen LogP contribution in [0.5, 0.6) is 0 Å². The third kappa shape index (κ3) is 4.60. The predicted octanol–water partition coefficient (Wildman–Crippen LogP) is 2.65. The molecule has 0 aliphatic heterocycles. The van der Waals surface area contributed by atoms with Crippen molar-refractivity contribution < 1.29 is 4.79 Å². The molecule has 1 rings (SSSR count). The summed E-state index contributed by atoms with van der Waals surface area (Å²) in [4.78, 5) is 14.6. The van der Waals surface area contributed by atoms with E-state index in [4.69, 9.17) is 5.73 Å². The van der Waals surface area contributed by atoms with Gasteiger partial charge in [-0.1, -0.05) is 26.7 Å². The Morgan fingerprint density at radius 3 is 2.67 bits per heavy atom. The number of amides is 1. The standard InChI is InChI=1S/C15H30N2O/c1-4-17(11-12(2)3)15(18)14-7-5-6-13(10-14)8-9-16/h12-14H,4-11,16H2,1-3H3. The van der Waals surface area contributed by atoms with Crippen LogP contribution < -0.4 is 5.73 Å². The topological polar surface area (TPSA) is 46.3 Å². The van der Waals surface area contributed by atoms with Gasteiger partial charge in [-0.15, -0.1) is 0 Å². The summed E-state index contributed by atoms with van der Waals surface area (Å²) in [5, 5.41) is 0. The molecule has 0 saturated heterocycles. The molecule has 0 heterocycles. The highest BCUT2D eigenvalue weighted by Gasteiger charge is 2.29. The summed E-state index contributed by atoms with van der Waals surface area (Å²) < 4.78 is 0. The molecule has 0 spiro atoms. The van der Waals surface area contributed by atoms with E-state index in [1.165, 1.54) is 12.8 Å². The lowest BCUT2D eigenvalue weighted by atomic mass is 9.79. The van der Waals surface area contributed by atoms with Crippen molar-refractivity contribution >= 4 is 5.91 Å². The number of rotatable bonds is 6. The van der Waals surface area contributed by atoms with E-state index in [0.29, 0.717) is 17.7 Å². The van der Waals surface area contributed by atoms with Gasteiger partial charge in [0.25, 0.3) is 0 Å². The van der Waals surface area contributed by atoms with Gasteiger partial charge in [-0.2, -0.15) is 0 Å². The monoisotopic (exact) mass is 254 g/mol. The van der Waals surface area contributed by atoms with Crippen molar-refractivity contribution in [3.05, 3.63) is 0 Å². The smallest absolute Gasteiger partial charge is 0.225 e. The summed E-state index contributed by atoms with van der Waals surface area (Å²) in [7, 11) is 0. The van der Waals surface area contributed by atoms with Crippen molar-refractivity contribution in [1.29, 1.82) is 0 Å². The van der Waals surface area contributed by atoms with Gasteiger partial charge < -0.3 is 10.6 Å². The van der Waals surface area contributed by atoms with Gasteiger partial charge in [-0.25, -0.2) is 0 Å². The van der Waals surface area contributed by atoms with Crippen LogP contribution in [0.4, 0.5) is 0 Å². The number of hydrogen-bond donors (Lipinski definition) is 1. The Balaban J connectivity index is 2.53. The fourth-order valence-corrected chi connectivity index (χ4v) is 3.09. The summed E-state index contributed by atoms with van der Waals surface area (Å²) in [6, 6.07) is 0. The molecule has 2 unspecified atom stereocenters. The Bertz CT molecular complexity index is 251. The number of hydrogen-bond acceptors (Lipinski definition) is 2. The highest BCUT2D eigenvalue weighted by Crippen LogP contribution is 2.32. The maximum absolute atomic E-state index is 12.5. The molecule has 0 aromatic carbocycles.